The minimum absolute atomic E-state index is 0.0292. The molecule has 0 N–H and O–H groups in total. The first-order chi connectivity index (χ1) is 9.75. The third-order valence-corrected chi connectivity index (χ3v) is 4.36. The zero-order chi connectivity index (χ0) is 13.9. The molecule has 0 aliphatic carbocycles. The molecule has 4 heteroatoms. The summed E-state index contributed by atoms with van der Waals surface area (Å²) in [6, 6.07) is 8.24. The molecule has 1 aliphatic heterocycles. The van der Waals surface area contributed by atoms with Crippen LogP contribution in [0.15, 0.2) is 35.3 Å². The summed E-state index contributed by atoms with van der Waals surface area (Å²) >= 11 is 0. The van der Waals surface area contributed by atoms with Crippen molar-refractivity contribution < 1.29 is 0 Å². The van der Waals surface area contributed by atoms with Gasteiger partial charge in [-0.2, -0.15) is 5.10 Å². The smallest absolute Gasteiger partial charge is 0.274 e. The van der Waals surface area contributed by atoms with E-state index in [2.05, 4.69) is 17.0 Å². The van der Waals surface area contributed by atoms with Crippen LogP contribution in [0.25, 0.3) is 10.8 Å². The number of rotatable bonds is 3. The van der Waals surface area contributed by atoms with Gasteiger partial charge in [0.05, 0.1) is 11.6 Å². The van der Waals surface area contributed by atoms with Crippen molar-refractivity contribution in [1.82, 2.24) is 14.7 Å². The molecular weight excluding hydrogens is 250 g/mol. The number of hydrogen-bond acceptors (Lipinski definition) is 3. The highest BCUT2D eigenvalue weighted by atomic mass is 16.1. The molecule has 20 heavy (non-hydrogen) atoms. The Balaban J connectivity index is 1.77. The van der Waals surface area contributed by atoms with Gasteiger partial charge in [0, 0.05) is 18.0 Å². The molecule has 0 spiro atoms. The largest absolute Gasteiger partial charge is 0.303 e. The minimum atomic E-state index is 0.0292. The molecule has 1 atom stereocenters. The molecule has 1 unspecified atom stereocenters. The Morgan fingerprint density at radius 3 is 3.00 bits per heavy atom. The minimum Gasteiger partial charge on any atom is -0.303 e. The predicted octanol–water partition coefficient (Wildman–Crippen LogP) is 2.27. The fraction of sp³-hybridized carbons (Fsp3) is 0.500. The highest BCUT2D eigenvalue weighted by Gasteiger charge is 2.18. The molecule has 1 fully saturated rings. The summed E-state index contributed by atoms with van der Waals surface area (Å²) in [5.74, 6) is 0. The third kappa shape index (κ3) is 2.61. The van der Waals surface area contributed by atoms with Crippen LogP contribution in [-0.4, -0.2) is 34.3 Å². The first-order valence-corrected chi connectivity index (χ1v) is 7.41. The SMILES string of the molecule is CN1CCCCC1CCn1ncc2ccccc2c1=O. The molecule has 1 aliphatic rings. The second kappa shape index (κ2) is 5.75. The molecular formula is C16H21N3O. The number of nitrogens with zero attached hydrogens (tertiary/aromatic N) is 3. The lowest BCUT2D eigenvalue weighted by Crippen LogP contribution is -2.37. The Bertz CT molecular complexity index is 649. The zero-order valence-electron chi connectivity index (χ0n) is 12.0. The summed E-state index contributed by atoms with van der Waals surface area (Å²) in [4.78, 5) is 14.8. The summed E-state index contributed by atoms with van der Waals surface area (Å²) in [5.41, 5.74) is 0.0292. The fourth-order valence-electron chi connectivity index (χ4n) is 3.07. The maximum atomic E-state index is 12.4. The van der Waals surface area contributed by atoms with Crippen molar-refractivity contribution in [2.24, 2.45) is 0 Å². The molecule has 1 aromatic heterocycles. The number of benzene rings is 1. The highest BCUT2D eigenvalue weighted by molar-refractivity contribution is 5.80. The van der Waals surface area contributed by atoms with Crippen molar-refractivity contribution in [3.8, 4) is 0 Å². The predicted molar refractivity (Wildman–Crippen MR) is 80.9 cm³/mol. The normalized spacial score (nSPS) is 20.4. The van der Waals surface area contributed by atoms with Gasteiger partial charge in [-0.15, -0.1) is 0 Å². The van der Waals surface area contributed by atoms with Gasteiger partial charge in [0.15, 0.2) is 0 Å². The summed E-state index contributed by atoms with van der Waals surface area (Å²) in [5, 5.41) is 5.98. The standard InChI is InChI=1S/C16H21N3O/c1-18-10-5-4-7-14(18)9-11-19-16(20)15-8-3-2-6-13(15)12-17-19/h2-3,6,8,12,14H,4-5,7,9-11H2,1H3. The van der Waals surface area contributed by atoms with E-state index in [-0.39, 0.29) is 5.56 Å². The van der Waals surface area contributed by atoms with Crippen LogP contribution >= 0.6 is 0 Å². The number of hydrogen-bond donors (Lipinski definition) is 0. The first-order valence-electron chi connectivity index (χ1n) is 7.41. The second-order valence-corrected chi connectivity index (χ2v) is 5.68. The van der Waals surface area contributed by atoms with E-state index < -0.39 is 0 Å². The third-order valence-electron chi connectivity index (χ3n) is 4.36. The van der Waals surface area contributed by atoms with Gasteiger partial charge < -0.3 is 4.90 Å². The monoisotopic (exact) mass is 271 g/mol. The Labute approximate surface area is 119 Å². The van der Waals surface area contributed by atoms with Crippen LogP contribution in [0.4, 0.5) is 0 Å². The van der Waals surface area contributed by atoms with Crippen LogP contribution in [0.3, 0.4) is 0 Å². The molecule has 3 rings (SSSR count). The van der Waals surface area contributed by atoms with E-state index in [0.29, 0.717) is 12.6 Å². The van der Waals surface area contributed by atoms with Gasteiger partial charge in [0.25, 0.3) is 5.56 Å². The van der Waals surface area contributed by atoms with Gasteiger partial charge >= 0.3 is 0 Å². The molecule has 1 aromatic carbocycles. The Morgan fingerprint density at radius 1 is 1.30 bits per heavy atom. The quantitative estimate of drug-likeness (QED) is 0.859. The topological polar surface area (TPSA) is 38.1 Å². The lowest BCUT2D eigenvalue weighted by atomic mass is 10.0. The molecule has 0 radical (unpaired) electrons. The van der Waals surface area contributed by atoms with Gasteiger partial charge in [0.1, 0.15) is 0 Å². The molecule has 0 amide bonds. The summed E-state index contributed by atoms with van der Waals surface area (Å²) in [6.45, 7) is 1.88. The van der Waals surface area contributed by atoms with Crippen molar-refractivity contribution in [2.75, 3.05) is 13.6 Å². The lowest BCUT2D eigenvalue weighted by Gasteiger charge is -2.32. The van der Waals surface area contributed by atoms with Crippen molar-refractivity contribution in [3.05, 3.63) is 40.8 Å². The lowest BCUT2D eigenvalue weighted by molar-refractivity contribution is 0.169. The van der Waals surface area contributed by atoms with E-state index in [4.69, 9.17) is 0 Å². The molecule has 2 aromatic rings. The van der Waals surface area contributed by atoms with Crippen molar-refractivity contribution in [3.63, 3.8) is 0 Å². The van der Waals surface area contributed by atoms with Gasteiger partial charge in [0.2, 0.25) is 0 Å². The van der Waals surface area contributed by atoms with E-state index in [9.17, 15) is 4.79 Å². The second-order valence-electron chi connectivity index (χ2n) is 5.68. The van der Waals surface area contributed by atoms with Gasteiger partial charge in [-0.05, 0) is 38.9 Å². The molecule has 1 saturated heterocycles. The van der Waals surface area contributed by atoms with Crippen molar-refractivity contribution in [1.29, 1.82) is 0 Å². The van der Waals surface area contributed by atoms with Crippen LogP contribution in [-0.2, 0) is 6.54 Å². The van der Waals surface area contributed by atoms with Gasteiger partial charge in [-0.25, -0.2) is 4.68 Å². The average Bonchev–Trinajstić information content (AvgIpc) is 2.48. The average molecular weight is 271 g/mol. The number of fused-ring (bicyclic) bond motifs is 1. The van der Waals surface area contributed by atoms with Crippen LogP contribution in [0.1, 0.15) is 25.7 Å². The maximum Gasteiger partial charge on any atom is 0.274 e. The first kappa shape index (κ1) is 13.3. The number of likely N-dealkylation sites (tertiary alicyclic amines) is 1. The van der Waals surface area contributed by atoms with Crippen LogP contribution < -0.4 is 5.56 Å². The zero-order valence-corrected chi connectivity index (χ0v) is 12.0. The number of piperidine rings is 1. The Hall–Kier alpha value is -1.68. The summed E-state index contributed by atoms with van der Waals surface area (Å²) in [7, 11) is 2.18. The molecule has 0 bridgehead atoms. The van der Waals surface area contributed by atoms with Crippen LogP contribution in [0, 0.1) is 0 Å². The van der Waals surface area contributed by atoms with Crippen LogP contribution in [0.5, 0.6) is 0 Å². The summed E-state index contributed by atoms with van der Waals surface area (Å²) < 4.78 is 1.62. The van der Waals surface area contributed by atoms with E-state index in [1.807, 2.05) is 24.3 Å². The van der Waals surface area contributed by atoms with E-state index in [0.717, 1.165) is 17.2 Å². The maximum absolute atomic E-state index is 12.4. The van der Waals surface area contributed by atoms with E-state index in [1.165, 1.54) is 25.8 Å². The number of aryl methyl sites for hydroxylation is 1. The van der Waals surface area contributed by atoms with Gasteiger partial charge in [-0.1, -0.05) is 24.6 Å². The highest BCUT2D eigenvalue weighted by Crippen LogP contribution is 2.18. The Kier molecular flexibility index (Phi) is 3.83. The van der Waals surface area contributed by atoms with Crippen molar-refractivity contribution >= 4 is 10.8 Å². The van der Waals surface area contributed by atoms with Gasteiger partial charge in [-0.3, -0.25) is 4.79 Å². The molecule has 4 nitrogen and oxygen atoms in total. The van der Waals surface area contributed by atoms with Crippen molar-refractivity contribution in [2.45, 2.75) is 38.3 Å². The van der Waals surface area contributed by atoms with Crippen LogP contribution in [0.2, 0.25) is 0 Å². The molecule has 0 saturated carbocycles. The summed E-state index contributed by atoms with van der Waals surface area (Å²) in [6.07, 6.45) is 6.62. The Morgan fingerprint density at radius 2 is 2.15 bits per heavy atom. The molecule has 2 heterocycles. The fourth-order valence-corrected chi connectivity index (χ4v) is 3.07. The van der Waals surface area contributed by atoms with E-state index >= 15 is 0 Å². The molecule has 106 valence electrons. The van der Waals surface area contributed by atoms with E-state index in [1.54, 1.807) is 10.9 Å². The number of aromatic nitrogens is 2.